The summed E-state index contributed by atoms with van der Waals surface area (Å²) in [6, 6.07) is 17.3. The first-order valence-electron chi connectivity index (χ1n) is 10.1. The summed E-state index contributed by atoms with van der Waals surface area (Å²) in [5, 5.41) is 11.3. The average Bonchev–Trinajstić information content (AvgIpc) is 2.69. The minimum absolute atomic E-state index is 0.144. The van der Waals surface area contributed by atoms with Gasteiger partial charge in [-0.15, -0.1) is 0 Å². The van der Waals surface area contributed by atoms with Crippen molar-refractivity contribution in [2.24, 2.45) is 5.92 Å². The summed E-state index contributed by atoms with van der Waals surface area (Å²) in [7, 11) is 0. The highest BCUT2D eigenvalue weighted by Gasteiger charge is 2.48. The van der Waals surface area contributed by atoms with Crippen LogP contribution in [0.5, 0.6) is 0 Å². The molecule has 0 radical (unpaired) electrons. The third-order valence-electron chi connectivity index (χ3n) is 6.33. The van der Waals surface area contributed by atoms with E-state index < -0.39 is 5.60 Å². The second kappa shape index (κ2) is 7.95. The largest absolute Gasteiger partial charge is 0.389 e. The van der Waals surface area contributed by atoms with E-state index in [2.05, 4.69) is 29.2 Å². The van der Waals surface area contributed by atoms with Gasteiger partial charge in [0.1, 0.15) is 5.82 Å². The van der Waals surface area contributed by atoms with Crippen molar-refractivity contribution in [3.05, 3.63) is 77.6 Å². The van der Waals surface area contributed by atoms with Crippen LogP contribution in [0.3, 0.4) is 0 Å². The van der Waals surface area contributed by atoms with E-state index in [1.807, 2.05) is 30.3 Å². The highest BCUT2D eigenvalue weighted by molar-refractivity contribution is 5.48. The maximum atomic E-state index is 13.5. The number of nitrogens with zero attached hydrogens (tertiary/aromatic N) is 1. The van der Waals surface area contributed by atoms with E-state index in [1.54, 1.807) is 12.1 Å². The van der Waals surface area contributed by atoms with Crippen molar-refractivity contribution in [2.45, 2.75) is 43.7 Å². The molecule has 1 saturated heterocycles. The predicted molar refractivity (Wildman–Crippen MR) is 108 cm³/mol. The summed E-state index contributed by atoms with van der Waals surface area (Å²) in [6.45, 7) is 1.71. The lowest BCUT2D eigenvalue weighted by molar-refractivity contribution is -0.122. The molecule has 2 aromatic carbocycles. The number of rotatable bonds is 4. The Morgan fingerprint density at radius 2 is 1.81 bits per heavy atom. The molecule has 2 nitrogen and oxygen atoms in total. The van der Waals surface area contributed by atoms with E-state index in [0.29, 0.717) is 0 Å². The van der Waals surface area contributed by atoms with Crippen LogP contribution in [-0.4, -0.2) is 28.7 Å². The van der Waals surface area contributed by atoms with Gasteiger partial charge in [-0.25, -0.2) is 4.39 Å². The van der Waals surface area contributed by atoms with E-state index in [0.717, 1.165) is 44.3 Å². The Balaban J connectivity index is 1.58. The van der Waals surface area contributed by atoms with Gasteiger partial charge in [0.05, 0.1) is 5.60 Å². The van der Waals surface area contributed by atoms with Crippen LogP contribution in [0.15, 0.2) is 60.7 Å². The fraction of sp³-hybridized carbons (Fsp3) is 0.417. The van der Waals surface area contributed by atoms with Crippen molar-refractivity contribution in [3.63, 3.8) is 0 Å². The van der Waals surface area contributed by atoms with Gasteiger partial charge in [-0.2, -0.15) is 0 Å². The first-order chi connectivity index (χ1) is 13.2. The molecule has 0 unspecified atom stereocenters. The van der Waals surface area contributed by atoms with E-state index in [1.165, 1.54) is 12.0 Å². The van der Waals surface area contributed by atoms with Gasteiger partial charge in [0.15, 0.2) is 0 Å². The number of piperidine rings is 1. The molecule has 1 heterocycles. The summed E-state index contributed by atoms with van der Waals surface area (Å²) >= 11 is 0. The minimum Gasteiger partial charge on any atom is -0.389 e. The van der Waals surface area contributed by atoms with Gasteiger partial charge < -0.3 is 5.11 Å². The molecule has 3 heteroatoms. The lowest BCUT2D eigenvalue weighted by Gasteiger charge is -2.52. The Bertz CT molecular complexity index is 773. The number of fused-ring (bicyclic) bond motifs is 1. The average molecular weight is 365 g/mol. The van der Waals surface area contributed by atoms with Crippen LogP contribution >= 0.6 is 0 Å². The zero-order chi connectivity index (χ0) is 18.7. The van der Waals surface area contributed by atoms with Crippen LogP contribution < -0.4 is 0 Å². The molecule has 0 spiro atoms. The molecule has 0 aromatic heterocycles. The third kappa shape index (κ3) is 3.99. The normalized spacial score (nSPS) is 29.0. The summed E-state index contributed by atoms with van der Waals surface area (Å²) in [4.78, 5) is 2.46. The van der Waals surface area contributed by atoms with Crippen molar-refractivity contribution in [1.29, 1.82) is 0 Å². The molecule has 0 amide bonds. The fourth-order valence-corrected chi connectivity index (χ4v) is 4.94. The summed E-state index contributed by atoms with van der Waals surface area (Å²) in [6.07, 6.45) is 9.40. The maximum Gasteiger partial charge on any atom is 0.123 e. The Morgan fingerprint density at radius 1 is 1.04 bits per heavy atom. The first-order valence-corrected chi connectivity index (χ1v) is 10.1. The van der Waals surface area contributed by atoms with Crippen LogP contribution in [0, 0.1) is 11.7 Å². The highest BCUT2D eigenvalue weighted by atomic mass is 19.1. The van der Waals surface area contributed by atoms with E-state index in [9.17, 15) is 9.50 Å². The first kappa shape index (κ1) is 18.4. The van der Waals surface area contributed by atoms with Crippen LogP contribution in [0.1, 0.15) is 49.3 Å². The monoisotopic (exact) mass is 365 g/mol. The molecule has 1 saturated carbocycles. The van der Waals surface area contributed by atoms with Gasteiger partial charge in [-0.3, -0.25) is 4.90 Å². The van der Waals surface area contributed by atoms with E-state index in [4.69, 9.17) is 0 Å². The van der Waals surface area contributed by atoms with Crippen LogP contribution in [0.4, 0.5) is 4.39 Å². The highest BCUT2D eigenvalue weighted by Crippen LogP contribution is 2.49. The van der Waals surface area contributed by atoms with Gasteiger partial charge in [0.25, 0.3) is 0 Å². The molecule has 3 atom stereocenters. The van der Waals surface area contributed by atoms with Gasteiger partial charge in [-0.05, 0) is 42.5 Å². The minimum atomic E-state index is -0.572. The van der Waals surface area contributed by atoms with Gasteiger partial charge >= 0.3 is 0 Å². The van der Waals surface area contributed by atoms with Gasteiger partial charge in [0, 0.05) is 25.0 Å². The van der Waals surface area contributed by atoms with Crippen LogP contribution in [0.25, 0.3) is 6.08 Å². The van der Waals surface area contributed by atoms with Gasteiger partial charge in [0.2, 0.25) is 0 Å². The Kier molecular flexibility index (Phi) is 5.42. The Labute approximate surface area is 161 Å². The number of likely N-dealkylation sites (tertiary alicyclic amines) is 1. The number of hydrogen-bond donors (Lipinski definition) is 1. The molecule has 1 N–H and O–H groups in total. The number of benzene rings is 2. The van der Waals surface area contributed by atoms with Crippen molar-refractivity contribution in [3.8, 4) is 0 Å². The van der Waals surface area contributed by atoms with Crippen LogP contribution in [0.2, 0.25) is 0 Å². The van der Waals surface area contributed by atoms with Crippen molar-refractivity contribution >= 4 is 6.08 Å². The third-order valence-corrected chi connectivity index (χ3v) is 6.33. The van der Waals surface area contributed by atoms with Crippen molar-refractivity contribution in [2.75, 3.05) is 13.1 Å². The predicted octanol–water partition coefficient (Wildman–Crippen LogP) is 5.21. The molecule has 4 rings (SSSR count). The smallest absolute Gasteiger partial charge is 0.123 e. The lowest BCUT2D eigenvalue weighted by atomic mass is 9.66. The van der Waals surface area contributed by atoms with Gasteiger partial charge in [-0.1, -0.05) is 67.5 Å². The number of halogens is 1. The molecule has 27 heavy (non-hydrogen) atoms. The molecule has 142 valence electrons. The molecule has 1 aliphatic carbocycles. The summed E-state index contributed by atoms with van der Waals surface area (Å²) in [5.74, 6) is 0.0135. The standard InChI is InChI=1S/C24H28FNO/c25-21-13-11-20(12-14-21)23-22-10-4-5-15-24(22,27)16-18-26(23)17-6-9-19-7-2-1-3-8-19/h1-3,6-9,11-14,22-23,27H,4-5,10,15-18H2/b9-6+/t22-,23-,24+/m1/s1. The fourth-order valence-electron chi connectivity index (χ4n) is 4.94. The summed E-state index contributed by atoms with van der Waals surface area (Å²) < 4.78 is 13.5. The molecule has 1 aliphatic heterocycles. The maximum absolute atomic E-state index is 13.5. The Hall–Kier alpha value is -1.97. The van der Waals surface area contributed by atoms with Crippen molar-refractivity contribution in [1.82, 2.24) is 4.90 Å². The number of hydrogen-bond acceptors (Lipinski definition) is 2. The summed E-state index contributed by atoms with van der Waals surface area (Å²) in [5.41, 5.74) is 1.74. The zero-order valence-corrected chi connectivity index (χ0v) is 15.7. The molecule has 2 aliphatic rings. The Morgan fingerprint density at radius 3 is 2.59 bits per heavy atom. The number of aliphatic hydroxyl groups is 1. The van der Waals surface area contributed by atoms with E-state index in [-0.39, 0.29) is 17.8 Å². The molecule has 2 aromatic rings. The van der Waals surface area contributed by atoms with E-state index >= 15 is 0 Å². The quantitative estimate of drug-likeness (QED) is 0.804. The molecule has 2 fully saturated rings. The SMILES string of the molecule is O[C@]12CCCC[C@@H]1[C@@H](c1ccc(F)cc1)N(C/C=C/c1ccccc1)CC2. The lowest BCUT2D eigenvalue weighted by Crippen LogP contribution is -2.54. The second-order valence-corrected chi connectivity index (χ2v) is 8.01. The van der Waals surface area contributed by atoms with Crippen molar-refractivity contribution < 1.29 is 9.50 Å². The molecule has 0 bridgehead atoms. The molecular formula is C24H28FNO. The second-order valence-electron chi connectivity index (χ2n) is 8.01. The molecular weight excluding hydrogens is 337 g/mol. The topological polar surface area (TPSA) is 23.5 Å². The van der Waals surface area contributed by atoms with Crippen LogP contribution in [-0.2, 0) is 0 Å². The zero-order valence-electron chi connectivity index (χ0n) is 15.7.